The maximum atomic E-state index is 5.62. The van der Waals surface area contributed by atoms with E-state index in [1.54, 1.807) is 32.8 Å². The molecule has 272 valence electrons. The van der Waals surface area contributed by atoms with Crippen LogP contribution in [0.1, 0.15) is 100 Å². The molecule has 0 fully saturated rings. The summed E-state index contributed by atoms with van der Waals surface area (Å²) in [7, 11) is 0. The van der Waals surface area contributed by atoms with Gasteiger partial charge >= 0.3 is 0 Å². The number of rotatable bonds is 6. The summed E-state index contributed by atoms with van der Waals surface area (Å²) in [5.74, 6) is 2.32. The largest absolute Gasteiger partial charge is 0.355 e. The predicted molar refractivity (Wildman–Crippen MR) is 223 cm³/mol. The zero-order valence-corrected chi connectivity index (χ0v) is 32.2. The first-order chi connectivity index (χ1) is 26.2. The van der Waals surface area contributed by atoms with E-state index in [-0.39, 0.29) is 12.3 Å². The number of thioether (sulfide) groups is 1. The van der Waals surface area contributed by atoms with E-state index in [2.05, 4.69) is 127 Å². The summed E-state index contributed by atoms with van der Waals surface area (Å²) in [5, 5.41) is 8.79. The van der Waals surface area contributed by atoms with Gasteiger partial charge in [0.1, 0.15) is 0 Å². The van der Waals surface area contributed by atoms with Gasteiger partial charge in [-0.1, -0.05) is 104 Å². The normalized spacial score (nSPS) is 34.2. The Morgan fingerprint density at radius 3 is 2.75 bits per heavy atom. The summed E-state index contributed by atoms with van der Waals surface area (Å²) in [4.78, 5) is 7.23. The quantitative estimate of drug-likeness (QED) is 0.308. The predicted octanol–water partition coefficient (Wildman–Crippen LogP) is 11.4. The molecule has 8 unspecified atom stereocenters. The monoisotopic (exact) mass is 717 g/mol. The van der Waals surface area contributed by atoms with E-state index < -0.39 is 0 Å². The molecule has 9 aliphatic rings. The number of hydrogen-bond donors (Lipinski definition) is 2. The van der Waals surface area contributed by atoms with Crippen LogP contribution in [0.5, 0.6) is 0 Å². The molecule has 0 saturated carbocycles. The van der Waals surface area contributed by atoms with Crippen LogP contribution in [0.2, 0.25) is 0 Å². The van der Waals surface area contributed by atoms with Crippen LogP contribution >= 0.6 is 11.8 Å². The van der Waals surface area contributed by atoms with Gasteiger partial charge < -0.3 is 5.32 Å². The fraction of sp³-hybridized carbons (Fsp3) is 0.449. The van der Waals surface area contributed by atoms with E-state index in [0.717, 1.165) is 32.1 Å². The molecule has 0 aromatic heterocycles. The molecular weight excluding hydrogens is 663 g/mol. The van der Waals surface area contributed by atoms with E-state index in [1.807, 2.05) is 0 Å². The molecule has 0 spiro atoms. The highest BCUT2D eigenvalue weighted by atomic mass is 32.2. The fourth-order valence-corrected chi connectivity index (χ4v) is 12.9. The Bertz CT molecular complexity index is 2010. The Kier molecular flexibility index (Phi) is 9.33. The highest BCUT2D eigenvalue weighted by molar-refractivity contribution is 8.04. The lowest BCUT2D eigenvalue weighted by atomic mass is 9.71. The maximum absolute atomic E-state index is 5.62. The number of hydrogen-bond acceptors (Lipinski definition) is 4. The summed E-state index contributed by atoms with van der Waals surface area (Å²) < 4.78 is 0. The number of nitrogens with one attached hydrogen (secondary N) is 2. The lowest BCUT2D eigenvalue weighted by Gasteiger charge is -2.41. The molecule has 10 rings (SSSR count). The highest BCUT2D eigenvalue weighted by Gasteiger charge is 2.45. The standard InChI is InChI=1S/C49H55N3S/c1-2-36-46(34-16-4-3-5-17-34)51-49(52-47(36)39-22-12-19-32-15-8-9-20-37(32)39)50-42-25-11-10-21-38(42)40-23-13-24-41-45-43(53-48(40)41)29-28-33-27-26-31-14-6-7-18-35(30-31)44(33)45/h3-4,6-7,12,14,16,18-19,22-23,25-29,31,35-36,38,43,45,47,49-50,52H,2,5,8-11,13,15,17,20-21,24,30H2,1H3. The smallest absolute Gasteiger partial charge is 0.174 e. The minimum Gasteiger partial charge on any atom is -0.355 e. The number of nitrogens with zero attached hydrogens (tertiary/aromatic N) is 1. The van der Waals surface area contributed by atoms with Crippen LogP contribution in [-0.2, 0) is 12.8 Å². The van der Waals surface area contributed by atoms with Gasteiger partial charge in [-0.2, -0.15) is 0 Å². The van der Waals surface area contributed by atoms with E-state index >= 15 is 0 Å². The Balaban J connectivity index is 0.977. The fourth-order valence-electron chi connectivity index (χ4n) is 11.2. The lowest BCUT2D eigenvalue weighted by Crippen LogP contribution is -2.51. The molecule has 8 atom stereocenters. The number of aliphatic imine (C=N–C) groups is 1. The third kappa shape index (κ3) is 6.22. The van der Waals surface area contributed by atoms with Crippen molar-refractivity contribution in [1.82, 2.24) is 10.6 Å². The Hall–Kier alpha value is -3.60. The van der Waals surface area contributed by atoms with Crippen molar-refractivity contribution >= 4 is 17.5 Å². The molecule has 0 saturated heterocycles. The van der Waals surface area contributed by atoms with Crippen LogP contribution in [0.4, 0.5) is 0 Å². The van der Waals surface area contributed by atoms with Crippen molar-refractivity contribution in [1.29, 1.82) is 0 Å². The molecule has 2 bridgehead atoms. The van der Waals surface area contributed by atoms with Crippen molar-refractivity contribution in [3.63, 3.8) is 0 Å². The SMILES string of the molecule is CCC1C(C2=CC=CCC2)=NC(NC2=CCCCC2C2=CCCC3=C2SC2C=CC4=C(C5C=CC=CC(C=C4)C5)C32)NC1c1cccc2c1CCCC2. The van der Waals surface area contributed by atoms with Crippen LogP contribution in [0.3, 0.4) is 0 Å². The summed E-state index contributed by atoms with van der Waals surface area (Å²) in [6.07, 6.45) is 46.7. The molecule has 53 heavy (non-hydrogen) atoms. The van der Waals surface area contributed by atoms with Crippen molar-refractivity contribution in [2.24, 2.45) is 34.6 Å². The molecule has 2 aliphatic heterocycles. The third-order valence-corrected chi connectivity index (χ3v) is 15.1. The summed E-state index contributed by atoms with van der Waals surface area (Å²) >= 11 is 2.18. The summed E-state index contributed by atoms with van der Waals surface area (Å²) in [6.45, 7) is 2.37. The van der Waals surface area contributed by atoms with Gasteiger partial charge in [-0.15, -0.1) is 11.8 Å². The van der Waals surface area contributed by atoms with Gasteiger partial charge in [-0.3, -0.25) is 5.32 Å². The topological polar surface area (TPSA) is 36.4 Å². The molecular formula is C49H55N3S. The zero-order valence-electron chi connectivity index (χ0n) is 31.4. The van der Waals surface area contributed by atoms with Crippen LogP contribution in [0.25, 0.3) is 0 Å². The van der Waals surface area contributed by atoms with Crippen molar-refractivity contribution in [3.05, 3.63) is 152 Å². The van der Waals surface area contributed by atoms with Crippen molar-refractivity contribution in [2.45, 2.75) is 108 Å². The summed E-state index contributed by atoms with van der Waals surface area (Å²) in [6, 6.07) is 7.39. The lowest BCUT2D eigenvalue weighted by molar-refractivity contribution is 0.318. The average Bonchev–Trinajstić information content (AvgIpc) is 3.32. The van der Waals surface area contributed by atoms with Gasteiger partial charge in [-0.25, -0.2) is 4.99 Å². The second-order valence-corrected chi connectivity index (χ2v) is 17.9. The number of allylic oxidation sites excluding steroid dienone is 18. The Morgan fingerprint density at radius 1 is 0.906 bits per heavy atom. The van der Waals surface area contributed by atoms with E-state index in [4.69, 9.17) is 4.99 Å². The second kappa shape index (κ2) is 14.6. The van der Waals surface area contributed by atoms with Crippen LogP contribution in [0.15, 0.2) is 141 Å². The zero-order chi connectivity index (χ0) is 35.3. The average molecular weight is 718 g/mol. The Labute approximate surface area is 321 Å². The molecule has 1 aromatic carbocycles. The Morgan fingerprint density at radius 2 is 1.83 bits per heavy atom. The van der Waals surface area contributed by atoms with Gasteiger partial charge in [0, 0.05) is 51.3 Å². The van der Waals surface area contributed by atoms with Gasteiger partial charge in [-0.05, 0) is 134 Å². The molecule has 0 radical (unpaired) electrons. The van der Waals surface area contributed by atoms with E-state index in [9.17, 15) is 0 Å². The first-order valence-electron chi connectivity index (χ1n) is 21.1. The highest BCUT2D eigenvalue weighted by Crippen LogP contribution is 2.58. The van der Waals surface area contributed by atoms with E-state index in [1.165, 1.54) is 79.5 Å². The molecule has 2 heterocycles. The molecule has 1 aromatic rings. The molecule has 4 heteroatoms. The minimum absolute atomic E-state index is 0.149. The minimum atomic E-state index is -0.149. The number of fused-ring (bicyclic) bond motifs is 7. The summed E-state index contributed by atoms with van der Waals surface area (Å²) in [5.41, 5.74) is 15.3. The first-order valence-corrected chi connectivity index (χ1v) is 21.9. The molecule has 2 N–H and O–H groups in total. The van der Waals surface area contributed by atoms with E-state index in [0.29, 0.717) is 34.8 Å². The number of benzene rings is 1. The molecule has 0 amide bonds. The van der Waals surface area contributed by atoms with Gasteiger partial charge in [0.2, 0.25) is 0 Å². The van der Waals surface area contributed by atoms with Crippen molar-refractivity contribution < 1.29 is 0 Å². The third-order valence-electron chi connectivity index (χ3n) is 13.7. The maximum Gasteiger partial charge on any atom is 0.174 e. The van der Waals surface area contributed by atoms with Crippen molar-refractivity contribution in [3.8, 4) is 0 Å². The molecule has 3 nitrogen and oxygen atoms in total. The molecule has 7 aliphatic carbocycles. The van der Waals surface area contributed by atoms with Gasteiger partial charge in [0.05, 0.1) is 0 Å². The van der Waals surface area contributed by atoms with Gasteiger partial charge in [0.15, 0.2) is 6.29 Å². The van der Waals surface area contributed by atoms with Crippen LogP contribution < -0.4 is 10.6 Å². The van der Waals surface area contributed by atoms with Crippen LogP contribution in [0, 0.1) is 29.6 Å². The van der Waals surface area contributed by atoms with Crippen molar-refractivity contribution in [2.75, 3.05) is 0 Å². The number of aryl methyl sites for hydroxylation is 1. The first kappa shape index (κ1) is 33.9. The van der Waals surface area contributed by atoms with Gasteiger partial charge in [0.25, 0.3) is 0 Å². The second-order valence-electron chi connectivity index (χ2n) is 16.7. The van der Waals surface area contributed by atoms with Crippen LogP contribution in [-0.4, -0.2) is 17.3 Å².